The van der Waals surface area contributed by atoms with Crippen molar-refractivity contribution in [1.82, 2.24) is 9.97 Å². The molecule has 0 radical (unpaired) electrons. The maximum absolute atomic E-state index is 5.02. The number of benzene rings is 1. The minimum Gasteiger partial charge on any atom is -0.377 e. The first kappa shape index (κ1) is 9.68. The molecule has 0 saturated heterocycles. The Hall–Kier alpha value is -0.870. The third-order valence-corrected chi connectivity index (χ3v) is 2.53. The van der Waals surface area contributed by atoms with Crippen molar-refractivity contribution in [3.8, 4) is 0 Å². The van der Waals surface area contributed by atoms with Crippen LogP contribution < -0.4 is 0 Å². The van der Waals surface area contributed by atoms with E-state index in [2.05, 4.69) is 32.0 Å². The summed E-state index contributed by atoms with van der Waals surface area (Å²) in [4.78, 5) is 7.65. The first-order valence-electron chi connectivity index (χ1n) is 4.34. The summed E-state index contributed by atoms with van der Waals surface area (Å²) in [7, 11) is 1.66. The molecule has 74 valence electrons. The van der Waals surface area contributed by atoms with Gasteiger partial charge in [-0.15, -0.1) is 0 Å². The average molecular weight is 255 g/mol. The van der Waals surface area contributed by atoms with Gasteiger partial charge in [-0.2, -0.15) is 0 Å². The van der Waals surface area contributed by atoms with Gasteiger partial charge >= 0.3 is 0 Å². The van der Waals surface area contributed by atoms with Crippen molar-refractivity contribution >= 4 is 27.0 Å². The predicted octanol–water partition coefficient (Wildman–Crippen LogP) is 2.78. The lowest BCUT2D eigenvalue weighted by molar-refractivity contribution is 0.179. The molecule has 0 atom stereocenters. The molecule has 0 bridgehead atoms. The van der Waals surface area contributed by atoms with Gasteiger partial charge in [-0.25, -0.2) is 4.98 Å². The van der Waals surface area contributed by atoms with Crippen LogP contribution in [0.1, 0.15) is 11.4 Å². The summed E-state index contributed by atoms with van der Waals surface area (Å²) in [6.45, 7) is 2.57. The Morgan fingerprint density at radius 3 is 3.00 bits per heavy atom. The molecule has 2 rings (SSSR count). The summed E-state index contributed by atoms with van der Waals surface area (Å²) in [5, 5.41) is 0. The van der Waals surface area contributed by atoms with Crippen LogP contribution in [0.15, 0.2) is 16.6 Å². The van der Waals surface area contributed by atoms with Crippen molar-refractivity contribution < 1.29 is 4.74 Å². The van der Waals surface area contributed by atoms with Crippen LogP contribution in [-0.4, -0.2) is 17.1 Å². The number of aromatic nitrogens is 2. The monoisotopic (exact) mass is 254 g/mol. The summed E-state index contributed by atoms with van der Waals surface area (Å²) in [6, 6.07) is 4.08. The van der Waals surface area contributed by atoms with Crippen LogP contribution in [0.4, 0.5) is 0 Å². The van der Waals surface area contributed by atoms with Crippen molar-refractivity contribution in [3.05, 3.63) is 28.0 Å². The van der Waals surface area contributed by atoms with E-state index in [0.29, 0.717) is 6.61 Å². The van der Waals surface area contributed by atoms with E-state index in [-0.39, 0.29) is 0 Å². The third-order valence-electron chi connectivity index (χ3n) is 2.07. The molecule has 4 heteroatoms. The van der Waals surface area contributed by atoms with Crippen LogP contribution in [0.2, 0.25) is 0 Å². The van der Waals surface area contributed by atoms with Gasteiger partial charge in [0.05, 0.1) is 11.0 Å². The lowest BCUT2D eigenvalue weighted by Gasteiger charge is -1.94. The maximum atomic E-state index is 5.02. The van der Waals surface area contributed by atoms with E-state index in [0.717, 1.165) is 26.9 Å². The van der Waals surface area contributed by atoms with E-state index in [9.17, 15) is 0 Å². The van der Waals surface area contributed by atoms with Crippen LogP contribution in [0.25, 0.3) is 11.0 Å². The Labute approximate surface area is 90.6 Å². The first-order valence-corrected chi connectivity index (χ1v) is 5.13. The van der Waals surface area contributed by atoms with Crippen LogP contribution in [0, 0.1) is 6.92 Å². The van der Waals surface area contributed by atoms with Crippen molar-refractivity contribution in [1.29, 1.82) is 0 Å². The van der Waals surface area contributed by atoms with Gasteiger partial charge < -0.3 is 9.72 Å². The highest BCUT2D eigenvalue weighted by atomic mass is 79.9. The Bertz CT molecular complexity index is 464. The minimum atomic E-state index is 0.520. The molecule has 0 aliphatic heterocycles. The van der Waals surface area contributed by atoms with Crippen LogP contribution >= 0.6 is 15.9 Å². The number of hydrogen-bond donors (Lipinski definition) is 1. The molecule has 0 unspecified atom stereocenters. The molecule has 0 fully saturated rings. The number of aryl methyl sites for hydroxylation is 1. The molecule has 1 N–H and O–H groups in total. The molecule has 0 spiro atoms. The van der Waals surface area contributed by atoms with E-state index in [1.54, 1.807) is 7.11 Å². The molecule has 0 aliphatic carbocycles. The van der Waals surface area contributed by atoms with Gasteiger partial charge in [0.2, 0.25) is 0 Å². The van der Waals surface area contributed by atoms with Gasteiger partial charge in [0.25, 0.3) is 0 Å². The summed E-state index contributed by atoms with van der Waals surface area (Å²) in [5.41, 5.74) is 3.22. The van der Waals surface area contributed by atoms with E-state index in [1.807, 2.05) is 13.0 Å². The molecule has 1 heterocycles. The Morgan fingerprint density at radius 1 is 1.50 bits per heavy atom. The number of rotatable bonds is 2. The van der Waals surface area contributed by atoms with E-state index in [1.165, 1.54) is 0 Å². The molecule has 14 heavy (non-hydrogen) atoms. The fourth-order valence-electron chi connectivity index (χ4n) is 1.50. The standard InChI is InChI=1S/C10H11BrN2O/c1-6-3-7(11)4-8-10(6)13-9(12-8)5-14-2/h3-4H,5H2,1-2H3,(H,12,13). The van der Waals surface area contributed by atoms with Crippen LogP contribution in [-0.2, 0) is 11.3 Å². The second-order valence-corrected chi connectivity index (χ2v) is 4.15. The largest absolute Gasteiger partial charge is 0.377 e. The molecule has 2 aromatic rings. The number of fused-ring (bicyclic) bond motifs is 1. The van der Waals surface area contributed by atoms with Crippen molar-refractivity contribution in [3.63, 3.8) is 0 Å². The lowest BCUT2D eigenvalue weighted by atomic mass is 10.2. The Kier molecular flexibility index (Phi) is 2.56. The fourth-order valence-corrected chi connectivity index (χ4v) is 2.07. The smallest absolute Gasteiger partial charge is 0.133 e. The van der Waals surface area contributed by atoms with Crippen LogP contribution in [0.5, 0.6) is 0 Å². The summed E-state index contributed by atoms with van der Waals surface area (Å²) in [5.74, 6) is 0.865. The second kappa shape index (κ2) is 3.71. The van der Waals surface area contributed by atoms with E-state index in [4.69, 9.17) is 4.74 Å². The van der Waals surface area contributed by atoms with E-state index >= 15 is 0 Å². The number of hydrogen-bond acceptors (Lipinski definition) is 2. The van der Waals surface area contributed by atoms with Gasteiger partial charge in [0, 0.05) is 11.6 Å². The number of H-pyrrole nitrogens is 1. The predicted molar refractivity (Wildman–Crippen MR) is 59.2 cm³/mol. The zero-order chi connectivity index (χ0) is 10.1. The number of nitrogens with zero attached hydrogens (tertiary/aromatic N) is 1. The minimum absolute atomic E-state index is 0.520. The van der Waals surface area contributed by atoms with Crippen molar-refractivity contribution in [2.24, 2.45) is 0 Å². The number of imidazole rings is 1. The molecule has 0 saturated carbocycles. The number of nitrogens with one attached hydrogen (secondary N) is 1. The lowest BCUT2D eigenvalue weighted by Crippen LogP contribution is -1.88. The maximum Gasteiger partial charge on any atom is 0.133 e. The molecule has 0 aliphatic rings. The third kappa shape index (κ3) is 1.67. The second-order valence-electron chi connectivity index (χ2n) is 3.24. The number of ether oxygens (including phenoxy) is 1. The fraction of sp³-hybridized carbons (Fsp3) is 0.300. The molecule has 1 aromatic carbocycles. The van der Waals surface area contributed by atoms with Crippen LogP contribution in [0.3, 0.4) is 0 Å². The van der Waals surface area contributed by atoms with Gasteiger partial charge in [0.1, 0.15) is 12.4 Å². The molecular formula is C10H11BrN2O. The van der Waals surface area contributed by atoms with E-state index < -0.39 is 0 Å². The summed E-state index contributed by atoms with van der Waals surface area (Å²) < 4.78 is 6.09. The topological polar surface area (TPSA) is 37.9 Å². The normalized spacial score (nSPS) is 11.1. The molecule has 0 amide bonds. The van der Waals surface area contributed by atoms with Crippen molar-refractivity contribution in [2.45, 2.75) is 13.5 Å². The molecule has 3 nitrogen and oxygen atoms in total. The van der Waals surface area contributed by atoms with Gasteiger partial charge in [-0.05, 0) is 24.6 Å². The highest BCUT2D eigenvalue weighted by Crippen LogP contribution is 2.22. The number of aromatic amines is 1. The zero-order valence-corrected chi connectivity index (χ0v) is 9.68. The van der Waals surface area contributed by atoms with Gasteiger partial charge in [0.15, 0.2) is 0 Å². The highest BCUT2D eigenvalue weighted by molar-refractivity contribution is 9.10. The van der Waals surface area contributed by atoms with Gasteiger partial charge in [-0.3, -0.25) is 0 Å². The Morgan fingerprint density at radius 2 is 2.29 bits per heavy atom. The highest BCUT2D eigenvalue weighted by Gasteiger charge is 2.05. The number of methoxy groups -OCH3 is 1. The summed E-state index contributed by atoms with van der Waals surface area (Å²) >= 11 is 3.45. The molecule has 1 aromatic heterocycles. The quantitative estimate of drug-likeness (QED) is 0.895. The average Bonchev–Trinajstić information content (AvgIpc) is 2.48. The first-order chi connectivity index (χ1) is 6.70. The molecular weight excluding hydrogens is 244 g/mol. The SMILES string of the molecule is COCc1nc2c(C)cc(Br)cc2[nH]1. The van der Waals surface area contributed by atoms with Crippen molar-refractivity contribution in [2.75, 3.05) is 7.11 Å². The Balaban J connectivity index is 2.58. The van der Waals surface area contributed by atoms with Gasteiger partial charge in [-0.1, -0.05) is 15.9 Å². The summed E-state index contributed by atoms with van der Waals surface area (Å²) in [6.07, 6.45) is 0. The zero-order valence-electron chi connectivity index (χ0n) is 8.10. The number of halogens is 1.